The molecule has 4 aliphatic rings. The molecule has 0 saturated carbocycles. The number of carbonyl (C=O) groups excluding carboxylic acids is 4. The van der Waals surface area contributed by atoms with Crippen LogP contribution < -0.4 is 16.4 Å². The van der Waals surface area contributed by atoms with Crippen molar-refractivity contribution in [2.45, 2.75) is 74.7 Å². The molecule has 17 nitrogen and oxygen atoms in total. The number of aromatic nitrogens is 2. The highest BCUT2D eigenvalue weighted by Gasteiger charge is 2.57. The normalized spacial score (nSPS) is 27.4. The molecule has 0 spiro atoms. The quantitative estimate of drug-likeness (QED) is 0.0463. The zero-order valence-electron chi connectivity index (χ0n) is 27.7. The molecule has 7 N–H and O–H groups in total. The van der Waals surface area contributed by atoms with Gasteiger partial charge in [-0.25, -0.2) is 9.18 Å². The van der Waals surface area contributed by atoms with Crippen LogP contribution in [0.5, 0.6) is 11.5 Å². The number of likely N-dealkylation sites (N-methyl/N-ethyl adjacent to an activating group) is 1. The lowest BCUT2D eigenvalue weighted by Crippen LogP contribution is -2.71. The third-order valence-electron chi connectivity index (χ3n) is 9.88. The van der Waals surface area contributed by atoms with Crippen LogP contribution in [-0.4, -0.2) is 124 Å². The molecule has 1 aromatic heterocycles. The van der Waals surface area contributed by atoms with E-state index >= 15 is 0 Å². The summed E-state index contributed by atoms with van der Waals surface area (Å²) in [5.74, 6) is -6.27. The Hall–Kier alpha value is -4.82. The number of carboxylic acid groups (broad SMARTS) is 1. The summed E-state index contributed by atoms with van der Waals surface area (Å²) in [6.45, 7) is 3.19. The second-order valence-electron chi connectivity index (χ2n) is 13.7. The van der Waals surface area contributed by atoms with Crippen LogP contribution in [0.4, 0.5) is 9.52 Å². The van der Waals surface area contributed by atoms with E-state index in [2.05, 4.69) is 25.1 Å². The lowest BCUT2D eigenvalue weighted by Gasteiger charge is -2.52. The number of aldehydes is 1. The molecule has 5 heterocycles. The number of piperidine rings is 1. The second-order valence-corrected chi connectivity index (χ2v) is 15.5. The van der Waals surface area contributed by atoms with E-state index in [0.717, 1.165) is 36.5 Å². The summed E-state index contributed by atoms with van der Waals surface area (Å²) in [5.41, 5.74) is 3.93. The summed E-state index contributed by atoms with van der Waals surface area (Å²) >= 11 is 2.11. The average Bonchev–Trinajstić information content (AvgIpc) is 3.54. The summed E-state index contributed by atoms with van der Waals surface area (Å²) in [7, 11) is 2.04. The van der Waals surface area contributed by atoms with Crippen molar-refractivity contribution in [1.82, 2.24) is 24.9 Å². The molecule has 20 heteroatoms. The van der Waals surface area contributed by atoms with Gasteiger partial charge in [0.05, 0.1) is 24.7 Å². The zero-order chi connectivity index (χ0) is 37.0. The van der Waals surface area contributed by atoms with Gasteiger partial charge in [0.15, 0.2) is 34.3 Å². The summed E-state index contributed by atoms with van der Waals surface area (Å²) in [5, 5.41) is 38.1. The highest BCUT2D eigenvalue weighted by Crippen LogP contribution is 2.46. The second kappa shape index (κ2) is 13.4. The number of amides is 3. The topological polar surface area (TPSA) is 247 Å². The Balaban J connectivity index is 1.15. The van der Waals surface area contributed by atoms with Crippen LogP contribution in [0.2, 0.25) is 0 Å². The Morgan fingerprint density at radius 1 is 1.22 bits per heavy atom. The summed E-state index contributed by atoms with van der Waals surface area (Å²) in [6, 6.07) is 0.822. The van der Waals surface area contributed by atoms with E-state index in [1.807, 2.05) is 7.05 Å². The van der Waals surface area contributed by atoms with Gasteiger partial charge in [0.25, 0.3) is 17.7 Å². The van der Waals surface area contributed by atoms with Crippen LogP contribution in [-0.2, 0) is 24.0 Å². The zero-order valence-corrected chi connectivity index (χ0v) is 29.3. The van der Waals surface area contributed by atoms with E-state index < -0.39 is 63.7 Å². The van der Waals surface area contributed by atoms with Crippen molar-refractivity contribution in [3.05, 3.63) is 40.6 Å². The number of nitrogens with two attached hydrogens (primary N) is 1. The van der Waals surface area contributed by atoms with Crippen molar-refractivity contribution >= 4 is 64.1 Å². The summed E-state index contributed by atoms with van der Waals surface area (Å²) in [4.78, 5) is 74.1. The fourth-order valence-corrected chi connectivity index (χ4v) is 9.01. The number of halogens is 1. The summed E-state index contributed by atoms with van der Waals surface area (Å²) in [6.07, 6.45) is 3.22. The van der Waals surface area contributed by atoms with Crippen LogP contribution in [0.3, 0.4) is 0 Å². The minimum atomic E-state index is -1.38. The maximum atomic E-state index is 14.5. The smallest absolute Gasteiger partial charge is 0.352 e. The molecule has 1 aromatic carbocycles. The van der Waals surface area contributed by atoms with Crippen LogP contribution >= 0.6 is 23.3 Å². The first-order valence-electron chi connectivity index (χ1n) is 15.9. The number of hydrogen-bond acceptors (Lipinski definition) is 14. The molecular weight excluding hydrogens is 712 g/mol. The number of quaternary nitrogens is 1. The minimum Gasteiger partial charge on any atom is -0.504 e. The van der Waals surface area contributed by atoms with Gasteiger partial charge in [-0.15, -0.1) is 11.8 Å². The van der Waals surface area contributed by atoms with E-state index in [4.69, 9.17) is 10.6 Å². The number of oxime groups is 1. The number of β-lactam (4-membered cyclic amide) rings is 1. The van der Waals surface area contributed by atoms with Crippen molar-refractivity contribution in [1.29, 1.82) is 0 Å². The van der Waals surface area contributed by atoms with Crippen molar-refractivity contribution < 1.29 is 53.0 Å². The maximum Gasteiger partial charge on any atom is 0.352 e. The number of aliphatic carboxylic acids is 1. The largest absolute Gasteiger partial charge is 0.504 e. The van der Waals surface area contributed by atoms with E-state index in [-0.39, 0.29) is 46.1 Å². The molecule has 2 bridgehead atoms. The van der Waals surface area contributed by atoms with Crippen LogP contribution in [0, 0.1) is 5.82 Å². The molecule has 272 valence electrons. The van der Waals surface area contributed by atoms with Gasteiger partial charge in [0, 0.05) is 54.6 Å². The molecule has 51 heavy (non-hydrogen) atoms. The minimum absolute atomic E-state index is 0.0361. The van der Waals surface area contributed by atoms with Gasteiger partial charge in [-0.2, -0.15) is 9.36 Å². The first-order chi connectivity index (χ1) is 24.0. The molecule has 3 amide bonds. The van der Waals surface area contributed by atoms with Crippen LogP contribution in [0.1, 0.15) is 55.7 Å². The first kappa shape index (κ1) is 36.0. The van der Waals surface area contributed by atoms with Crippen LogP contribution in [0.15, 0.2) is 28.6 Å². The number of thioether (sulfide) groups is 1. The average molecular weight is 748 g/mol. The molecule has 3 saturated heterocycles. The molecule has 4 aliphatic heterocycles. The SMILES string of the molecule is CC(C)(C=O)O/N=C(\C(=O)N[C@@H]1C(=O)N2C(C(=O)O)=C(C[N+]3(C)[C@@H]4CC[C@H]3C[C@@H](NC(=O)c3ccc(O)c(O)c3F)C4)CS[C@H]12)c1nsc(N)n1. The van der Waals surface area contributed by atoms with Crippen molar-refractivity contribution in [3.63, 3.8) is 0 Å². The van der Waals surface area contributed by atoms with Gasteiger partial charge in [0.2, 0.25) is 11.5 Å². The van der Waals surface area contributed by atoms with E-state index in [1.54, 1.807) is 0 Å². The molecular formula is C31H36FN8O9S2+. The highest BCUT2D eigenvalue weighted by molar-refractivity contribution is 8.00. The van der Waals surface area contributed by atoms with Gasteiger partial charge in [-0.3, -0.25) is 24.1 Å². The Bertz CT molecular complexity index is 1870. The summed E-state index contributed by atoms with van der Waals surface area (Å²) < 4.78 is 19.0. The number of nitrogens with one attached hydrogen (secondary N) is 2. The number of nitrogens with zero attached hydrogens (tertiary/aromatic N) is 5. The molecule has 2 aromatic rings. The molecule has 0 radical (unpaired) electrons. The maximum absolute atomic E-state index is 14.5. The molecule has 1 unspecified atom stereocenters. The molecule has 6 atom stereocenters. The fraction of sp³-hybridized carbons (Fsp3) is 0.484. The predicted molar refractivity (Wildman–Crippen MR) is 180 cm³/mol. The molecule has 3 fully saturated rings. The Morgan fingerprint density at radius 3 is 2.51 bits per heavy atom. The van der Waals surface area contributed by atoms with Gasteiger partial charge in [-0.1, -0.05) is 5.16 Å². The Morgan fingerprint density at radius 2 is 1.90 bits per heavy atom. The van der Waals surface area contributed by atoms with Gasteiger partial charge in [-0.05, 0) is 26.0 Å². The number of rotatable bonds is 11. The van der Waals surface area contributed by atoms with Crippen LogP contribution in [0.25, 0.3) is 0 Å². The Labute approximate surface area is 298 Å². The van der Waals surface area contributed by atoms with Crippen molar-refractivity contribution in [3.8, 4) is 11.5 Å². The first-order valence-corrected chi connectivity index (χ1v) is 17.8. The lowest BCUT2D eigenvalue weighted by molar-refractivity contribution is -0.944. The molecule has 6 rings (SSSR count). The number of aromatic hydroxyl groups is 2. The monoisotopic (exact) mass is 747 g/mol. The number of carboxylic acids is 1. The highest BCUT2D eigenvalue weighted by atomic mass is 32.2. The Kier molecular flexibility index (Phi) is 9.44. The number of benzene rings is 1. The van der Waals surface area contributed by atoms with E-state index in [0.29, 0.717) is 35.7 Å². The third kappa shape index (κ3) is 6.58. The number of hydrogen-bond donors (Lipinski definition) is 6. The molecule has 0 aliphatic carbocycles. The number of fused-ring (bicyclic) bond motifs is 3. The van der Waals surface area contributed by atoms with Gasteiger partial charge < -0.3 is 41.0 Å². The number of phenols is 2. The van der Waals surface area contributed by atoms with E-state index in [1.165, 1.54) is 30.5 Å². The standard InChI is InChI=1S/C31H35FN8O9S2/c1-31(2,12-41)49-37-20(24-36-30(33)51-38-24)26(45)35-21-27(46)39-22(29(47)48)13(11-50-28(21)39)10-40(3)15-4-5-16(40)9-14(8-15)34-25(44)17-6-7-18(42)23(43)19(17)32/h6-7,12,14-16,21,28H,4-5,8-11H2,1-3H3,(H6-,33,34,35,36,37,38,42,43,44,45,47,48)/p+1/t14-,15+,16-,21-,28-,40?/m1/s1. The third-order valence-corrected chi connectivity index (χ3v) is 11.8. The fourth-order valence-electron chi connectivity index (χ4n) is 7.24. The number of anilines is 1. The lowest BCUT2D eigenvalue weighted by atomic mass is 9.92. The number of carbonyl (C=O) groups is 5. The number of phenolic OH excluding ortho intramolecular Hbond substituents is 2. The van der Waals surface area contributed by atoms with Gasteiger partial charge in [0.1, 0.15) is 23.7 Å². The predicted octanol–water partition coefficient (Wildman–Crippen LogP) is 0.677. The van der Waals surface area contributed by atoms with E-state index in [9.17, 15) is 43.7 Å². The van der Waals surface area contributed by atoms with Gasteiger partial charge >= 0.3 is 5.97 Å². The van der Waals surface area contributed by atoms with Crippen molar-refractivity contribution in [2.75, 3.05) is 25.1 Å². The number of nitrogen functional groups attached to an aromatic ring is 1. The van der Waals surface area contributed by atoms with Crippen molar-refractivity contribution in [2.24, 2.45) is 5.16 Å².